The Balaban J connectivity index is 1.72. The normalized spacial score (nSPS) is 14.7. The van der Waals surface area contributed by atoms with Gasteiger partial charge in [0.1, 0.15) is 6.07 Å². The van der Waals surface area contributed by atoms with E-state index in [2.05, 4.69) is 11.1 Å². The van der Waals surface area contributed by atoms with Crippen molar-refractivity contribution in [2.45, 2.75) is 6.54 Å². The van der Waals surface area contributed by atoms with Gasteiger partial charge in [0.15, 0.2) is 0 Å². The van der Waals surface area contributed by atoms with Crippen LogP contribution in [0.15, 0.2) is 60.6 Å². The Morgan fingerprint density at radius 1 is 1.26 bits per heavy atom. The minimum absolute atomic E-state index is 0.119. The maximum Gasteiger partial charge on any atom is 0.262 e. The van der Waals surface area contributed by atoms with Crippen LogP contribution in [0.5, 0.6) is 0 Å². The third-order valence-corrected chi connectivity index (χ3v) is 4.92. The van der Waals surface area contributed by atoms with Crippen molar-refractivity contribution < 1.29 is 4.79 Å². The second kappa shape index (κ2) is 5.51. The van der Waals surface area contributed by atoms with Crippen molar-refractivity contribution in [2.24, 2.45) is 0 Å². The Kier molecular flexibility index (Phi) is 3.12. The van der Waals surface area contributed by atoms with Crippen LogP contribution >= 0.6 is 0 Å². The fraction of sp³-hybridized carbons (Fsp3) is 0.0476. The predicted molar refractivity (Wildman–Crippen MR) is 101 cm³/mol. The van der Waals surface area contributed by atoms with Crippen molar-refractivity contribution in [3.63, 3.8) is 0 Å². The Labute approximate surface area is 154 Å². The Hall–Kier alpha value is -3.98. The number of rotatable bonds is 2. The number of anilines is 1. The van der Waals surface area contributed by atoms with Crippen LogP contribution in [-0.4, -0.2) is 20.8 Å². The molecule has 0 bridgehead atoms. The van der Waals surface area contributed by atoms with E-state index in [1.807, 2.05) is 36.4 Å². The van der Waals surface area contributed by atoms with Crippen LogP contribution in [0.2, 0.25) is 0 Å². The average Bonchev–Trinajstić information content (AvgIpc) is 2.96. The number of para-hydroxylation sites is 1. The number of nitrogen functional groups attached to an aromatic ring is 1. The van der Waals surface area contributed by atoms with Crippen molar-refractivity contribution in [2.75, 3.05) is 5.73 Å². The summed E-state index contributed by atoms with van der Waals surface area (Å²) in [7, 11) is 0. The van der Waals surface area contributed by atoms with Crippen molar-refractivity contribution in [3.05, 3.63) is 77.4 Å². The van der Waals surface area contributed by atoms with Crippen molar-refractivity contribution in [1.82, 2.24) is 14.9 Å². The SMILES string of the molecule is N#Cc1cncc(-c2cccc3c(N)c4c(nc23)CN(C2=CC=C2)C4=O)c1. The zero-order chi connectivity index (χ0) is 18.5. The number of nitrogens with two attached hydrogens (primary N) is 1. The minimum atomic E-state index is -0.119. The van der Waals surface area contributed by atoms with Crippen molar-refractivity contribution >= 4 is 22.5 Å². The largest absolute Gasteiger partial charge is 0.397 e. The van der Waals surface area contributed by atoms with E-state index in [-0.39, 0.29) is 5.91 Å². The molecular formula is C21H13N5O. The smallest absolute Gasteiger partial charge is 0.262 e. The highest BCUT2D eigenvalue weighted by Gasteiger charge is 2.34. The lowest BCUT2D eigenvalue weighted by Crippen LogP contribution is -2.24. The van der Waals surface area contributed by atoms with Gasteiger partial charge in [0.25, 0.3) is 5.91 Å². The molecule has 0 saturated carbocycles. The number of fused-ring (bicyclic) bond motifs is 2. The summed E-state index contributed by atoms with van der Waals surface area (Å²) in [4.78, 5) is 23.4. The van der Waals surface area contributed by atoms with Gasteiger partial charge in [-0.2, -0.15) is 5.26 Å². The van der Waals surface area contributed by atoms with Gasteiger partial charge in [-0.25, -0.2) is 4.98 Å². The summed E-state index contributed by atoms with van der Waals surface area (Å²) in [6, 6.07) is 9.53. The molecule has 5 rings (SSSR count). The highest BCUT2D eigenvalue weighted by Crippen LogP contribution is 2.38. The van der Waals surface area contributed by atoms with Gasteiger partial charge in [-0.1, -0.05) is 24.3 Å². The third kappa shape index (κ3) is 2.15. The van der Waals surface area contributed by atoms with E-state index >= 15 is 0 Å². The lowest BCUT2D eigenvalue weighted by Gasteiger charge is -2.19. The summed E-state index contributed by atoms with van der Waals surface area (Å²) in [5.41, 5.74) is 11.7. The molecule has 2 N–H and O–H groups in total. The standard InChI is InChI=1S/C21H13N5O/c22-8-12-7-13(10-24-9-12)15-5-2-6-16-19(23)18-17(25-20(15)16)11-26(21(18)27)14-3-1-4-14/h1-7,9-10H,11H2,(H2,23,25). The molecule has 0 unspecified atom stereocenters. The molecule has 0 atom stereocenters. The Morgan fingerprint density at radius 3 is 2.85 bits per heavy atom. The van der Waals surface area contributed by atoms with E-state index in [4.69, 9.17) is 16.0 Å². The molecule has 1 aromatic carbocycles. The van der Waals surface area contributed by atoms with Gasteiger partial charge < -0.3 is 10.6 Å². The molecule has 2 aromatic heterocycles. The van der Waals surface area contributed by atoms with Crippen molar-refractivity contribution in [3.8, 4) is 17.2 Å². The number of carbonyl (C=O) groups excluding carboxylic acids is 1. The van der Waals surface area contributed by atoms with E-state index in [1.165, 1.54) is 6.20 Å². The van der Waals surface area contributed by atoms with E-state index < -0.39 is 0 Å². The number of amides is 1. The number of pyridine rings is 2. The number of allylic oxidation sites excluding steroid dienone is 3. The zero-order valence-corrected chi connectivity index (χ0v) is 14.2. The van der Waals surface area contributed by atoms with Gasteiger partial charge in [0.05, 0.1) is 34.6 Å². The molecule has 0 radical (unpaired) electrons. The summed E-state index contributed by atoms with van der Waals surface area (Å²) in [5.74, 6) is -0.119. The molecule has 0 saturated heterocycles. The zero-order valence-electron chi connectivity index (χ0n) is 14.2. The first-order chi connectivity index (χ1) is 13.2. The molecule has 0 spiro atoms. The summed E-state index contributed by atoms with van der Waals surface area (Å²) in [6.07, 6.45) is 8.90. The predicted octanol–water partition coefficient (Wildman–Crippen LogP) is 3.16. The number of aromatic nitrogens is 2. The molecule has 6 heteroatoms. The number of hydrogen-bond donors (Lipinski definition) is 1. The fourth-order valence-corrected chi connectivity index (χ4v) is 3.52. The molecule has 27 heavy (non-hydrogen) atoms. The van der Waals surface area contributed by atoms with Gasteiger partial charge in [-0.05, 0) is 18.2 Å². The Bertz CT molecular complexity index is 1250. The summed E-state index contributed by atoms with van der Waals surface area (Å²) in [5, 5.41) is 9.88. The van der Waals surface area contributed by atoms with Gasteiger partial charge in [0, 0.05) is 34.6 Å². The number of benzene rings is 1. The van der Waals surface area contributed by atoms with Gasteiger partial charge in [-0.15, -0.1) is 0 Å². The second-order valence-electron chi connectivity index (χ2n) is 6.46. The summed E-state index contributed by atoms with van der Waals surface area (Å²) in [6.45, 7) is 0.398. The van der Waals surface area contributed by atoms with Crippen LogP contribution in [0.3, 0.4) is 0 Å². The number of nitriles is 1. The lowest BCUT2D eigenvalue weighted by atomic mass is 9.99. The first-order valence-corrected chi connectivity index (χ1v) is 8.44. The number of carbonyl (C=O) groups is 1. The van der Waals surface area contributed by atoms with E-state index in [0.29, 0.717) is 34.6 Å². The molecule has 6 nitrogen and oxygen atoms in total. The highest BCUT2D eigenvalue weighted by molar-refractivity contribution is 6.12. The first-order valence-electron chi connectivity index (χ1n) is 8.44. The summed E-state index contributed by atoms with van der Waals surface area (Å²) < 4.78 is 0. The van der Waals surface area contributed by atoms with E-state index in [9.17, 15) is 4.79 Å². The quantitative estimate of drug-likeness (QED) is 0.765. The maximum atomic E-state index is 12.8. The monoisotopic (exact) mass is 351 g/mol. The fourth-order valence-electron chi connectivity index (χ4n) is 3.52. The third-order valence-electron chi connectivity index (χ3n) is 4.92. The second-order valence-corrected chi connectivity index (χ2v) is 6.46. The number of nitrogens with zero attached hydrogens (tertiary/aromatic N) is 4. The molecule has 3 heterocycles. The molecule has 128 valence electrons. The van der Waals surface area contributed by atoms with Crippen LogP contribution in [0.25, 0.3) is 22.0 Å². The minimum Gasteiger partial charge on any atom is -0.397 e. The molecule has 1 aliphatic carbocycles. The van der Waals surface area contributed by atoms with E-state index in [0.717, 1.165) is 22.2 Å². The van der Waals surface area contributed by atoms with Crippen LogP contribution in [0.1, 0.15) is 21.6 Å². The van der Waals surface area contributed by atoms with Crippen LogP contribution < -0.4 is 5.73 Å². The first kappa shape index (κ1) is 15.3. The number of hydrogen-bond acceptors (Lipinski definition) is 5. The summed E-state index contributed by atoms with van der Waals surface area (Å²) >= 11 is 0. The van der Waals surface area contributed by atoms with E-state index in [1.54, 1.807) is 17.2 Å². The van der Waals surface area contributed by atoms with Crippen molar-refractivity contribution in [1.29, 1.82) is 5.26 Å². The maximum absolute atomic E-state index is 12.8. The average molecular weight is 351 g/mol. The molecule has 1 amide bonds. The van der Waals surface area contributed by atoms with Gasteiger partial charge in [-0.3, -0.25) is 9.78 Å². The van der Waals surface area contributed by atoms with Gasteiger partial charge in [0.2, 0.25) is 0 Å². The van der Waals surface area contributed by atoms with Crippen LogP contribution in [0.4, 0.5) is 5.69 Å². The molecule has 2 aliphatic rings. The van der Waals surface area contributed by atoms with Crippen LogP contribution in [0, 0.1) is 11.3 Å². The molecule has 1 aliphatic heterocycles. The molecule has 0 fully saturated rings. The topological polar surface area (TPSA) is 95.9 Å². The Morgan fingerprint density at radius 2 is 2.11 bits per heavy atom. The molecular weight excluding hydrogens is 338 g/mol. The van der Waals surface area contributed by atoms with Gasteiger partial charge >= 0.3 is 0 Å². The highest BCUT2D eigenvalue weighted by atomic mass is 16.2. The van der Waals surface area contributed by atoms with Crippen LogP contribution in [-0.2, 0) is 6.54 Å². The molecule has 3 aromatic rings. The lowest BCUT2D eigenvalue weighted by molar-refractivity contribution is 0.0831.